The van der Waals surface area contributed by atoms with E-state index in [-0.39, 0.29) is 5.91 Å². The summed E-state index contributed by atoms with van der Waals surface area (Å²) in [5, 5.41) is 2.95. The third kappa shape index (κ3) is 6.87. The molecule has 0 saturated heterocycles. The second-order valence-electron chi connectivity index (χ2n) is 7.49. The molecule has 2 N–H and O–H groups in total. The van der Waals surface area contributed by atoms with Gasteiger partial charge in [-0.3, -0.25) is 4.79 Å². The summed E-state index contributed by atoms with van der Waals surface area (Å²) >= 11 is 0. The Morgan fingerprint density at radius 3 is 2.25 bits per heavy atom. The van der Waals surface area contributed by atoms with Gasteiger partial charge in [-0.2, -0.15) is 0 Å². The van der Waals surface area contributed by atoms with Gasteiger partial charge in [-0.15, -0.1) is 0 Å². The lowest BCUT2D eigenvalue weighted by atomic mass is 10.1. The van der Waals surface area contributed by atoms with Gasteiger partial charge < -0.3 is 14.6 Å². The van der Waals surface area contributed by atoms with E-state index in [2.05, 4.69) is 33.0 Å². The van der Waals surface area contributed by atoms with Crippen LogP contribution in [0.4, 0.5) is 0 Å². The normalized spacial score (nSPS) is 11.5. The molecule has 24 heavy (non-hydrogen) atoms. The average molecular weight is 337 g/mol. The predicted octanol–water partition coefficient (Wildman–Crippen LogP) is 1.57. The van der Waals surface area contributed by atoms with E-state index in [0.29, 0.717) is 35.3 Å². The molecule has 5 nitrogen and oxygen atoms in total. The Bertz CT molecular complexity index is 555. The predicted molar refractivity (Wildman–Crippen MR) is 96.6 cm³/mol. The van der Waals surface area contributed by atoms with Gasteiger partial charge in [-0.1, -0.05) is 27.7 Å². The number of carbonyl (C=O) groups is 1. The van der Waals surface area contributed by atoms with Crippen molar-refractivity contribution in [2.24, 2.45) is 11.8 Å². The molecule has 0 bridgehead atoms. The third-order valence-electron chi connectivity index (χ3n) is 3.95. The zero-order valence-corrected chi connectivity index (χ0v) is 16.0. The Labute approximate surface area is 145 Å². The number of rotatable bonds is 9. The number of aryl methyl sites for hydroxylation is 2. The molecular weight excluding hydrogens is 304 g/mol. The molecule has 0 unspecified atom stereocenters. The molecule has 136 valence electrons. The molecule has 0 aromatic carbocycles. The summed E-state index contributed by atoms with van der Waals surface area (Å²) in [4.78, 5) is 25.2. The summed E-state index contributed by atoms with van der Waals surface area (Å²) in [7, 11) is 0. The molecule has 1 rings (SSSR count). The highest BCUT2D eigenvalue weighted by atomic mass is 16.4. The summed E-state index contributed by atoms with van der Waals surface area (Å²) in [6.45, 7) is 16.4. The van der Waals surface area contributed by atoms with Crippen LogP contribution in [0.5, 0.6) is 0 Å². The van der Waals surface area contributed by atoms with Crippen molar-refractivity contribution in [3.8, 4) is 0 Å². The van der Waals surface area contributed by atoms with Gasteiger partial charge in [0.25, 0.3) is 5.91 Å². The van der Waals surface area contributed by atoms with Crippen molar-refractivity contribution in [3.05, 3.63) is 33.4 Å². The number of quaternary nitrogens is 1. The number of nitrogens with one attached hydrogen (secondary N) is 2. The largest absolute Gasteiger partial charge is 0.427 e. The second-order valence-corrected chi connectivity index (χ2v) is 7.49. The Morgan fingerprint density at radius 1 is 1.17 bits per heavy atom. The van der Waals surface area contributed by atoms with Gasteiger partial charge in [0.05, 0.1) is 25.2 Å². The van der Waals surface area contributed by atoms with Crippen LogP contribution in [-0.4, -0.2) is 32.1 Å². The fourth-order valence-corrected chi connectivity index (χ4v) is 3.17. The maximum atomic E-state index is 12.3. The molecule has 1 aromatic heterocycles. The zero-order chi connectivity index (χ0) is 18.3. The summed E-state index contributed by atoms with van der Waals surface area (Å²) in [6, 6.07) is 1.36. The van der Waals surface area contributed by atoms with E-state index in [9.17, 15) is 9.59 Å². The highest BCUT2D eigenvalue weighted by molar-refractivity contribution is 5.96. The molecule has 5 heteroatoms. The molecule has 0 aliphatic heterocycles. The van der Waals surface area contributed by atoms with Crippen LogP contribution in [0, 0.1) is 25.7 Å². The van der Waals surface area contributed by atoms with Crippen LogP contribution in [0.3, 0.4) is 0 Å². The lowest BCUT2D eigenvalue weighted by Gasteiger charge is -2.23. The minimum Gasteiger partial charge on any atom is -0.427 e. The van der Waals surface area contributed by atoms with E-state index < -0.39 is 5.63 Å². The fraction of sp³-hybridized carbons (Fsp3) is 0.684. The first kappa shape index (κ1) is 20.4. The molecule has 0 aliphatic carbocycles. The number of hydrogen-bond acceptors (Lipinski definition) is 3. The smallest absolute Gasteiger partial charge is 0.336 e. The van der Waals surface area contributed by atoms with Crippen molar-refractivity contribution in [1.29, 1.82) is 0 Å². The van der Waals surface area contributed by atoms with Gasteiger partial charge in [0.1, 0.15) is 5.76 Å². The molecule has 0 spiro atoms. The molecule has 1 aromatic rings. The molecule has 0 saturated carbocycles. The van der Waals surface area contributed by atoms with Crippen LogP contribution in [-0.2, 0) is 0 Å². The molecular formula is C19H33N2O3+. The van der Waals surface area contributed by atoms with Crippen LogP contribution in [0.1, 0.15) is 55.8 Å². The minimum absolute atomic E-state index is 0.164. The highest BCUT2D eigenvalue weighted by Crippen LogP contribution is 2.10. The van der Waals surface area contributed by atoms with Crippen molar-refractivity contribution in [3.63, 3.8) is 0 Å². The number of amides is 1. The van der Waals surface area contributed by atoms with Gasteiger partial charge in [0.15, 0.2) is 0 Å². The first-order valence-corrected chi connectivity index (χ1v) is 8.93. The van der Waals surface area contributed by atoms with Crippen molar-refractivity contribution >= 4 is 5.91 Å². The van der Waals surface area contributed by atoms with Crippen molar-refractivity contribution in [1.82, 2.24) is 5.32 Å². The zero-order valence-electron chi connectivity index (χ0n) is 16.0. The standard InChI is InChI=1S/C19H32N2O3/c1-13(2)11-21(12-14(3)4)9-7-8-20-19(23)18-15(5)10-17(22)24-16(18)6/h10,13-14H,7-9,11-12H2,1-6H3,(H,20,23)/p+1. The van der Waals surface area contributed by atoms with Crippen LogP contribution in [0.15, 0.2) is 15.3 Å². The first-order valence-electron chi connectivity index (χ1n) is 8.93. The quantitative estimate of drug-likeness (QED) is 0.673. The van der Waals surface area contributed by atoms with Gasteiger partial charge in [-0.05, 0) is 19.4 Å². The summed E-state index contributed by atoms with van der Waals surface area (Å²) < 4.78 is 5.02. The van der Waals surface area contributed by atoms with Gasteiger partial charge in [-0.25, -0.2) is 4.79 Å². The molecule has 0 radical (unpaired) electrons. The average Bonchev–Trinajstić information content (AvgIpc) is 2.40. The second kappa shape index (κ2) is 9.62. The third-order valence-corrected chi connectivity index (χ3v) is 3.95. The molecule has 1 amide bonds. The summed E-state index contributed by atoms with van der Waals surface area (Å²) in [5.41, 5.74) is 0.722. The van der Waals surface area contributed by atoms with Crippen LogP contribution in [0.2, 0.25) is 0 Å². The Morgan fingerprint density at radius 2 is 1.75 bits per heavy atom. The Hall–Kier alpha value is -1.62. The van der Waals surface area contributed by atoms with Crippen LogP contribution < -0.4 is 15.8 Å². The van der Waals surface area contributed by atoms with Gasteiger partial charge in [0, 0.05) is 30.9 Å². The molecule has 0 fully saturated rings. The van der Waals surface area contributed by atoms with Crippen LogP contribution >= 0.6 is 0 Å². The van der Waals surface area contributed by atoms with E-state index in [1.165, 1.54) is 6.07 Å². The van der Waals surface area contributed by atoms with Crippen molar-refractivity contribution < 1.29 is 14.1 Å². The maximum absolute atomic E-state index is 12.3. The first-order chi connectivity index (χ1) is 11.2. The topological polar surface area (TPSA) is 63.8 Å². The summed E-state index contributed by atoms with van der Waals surface area (Å²) in [6.07, 6.45) is 0.940. The Kier molecular flexibility index (Phi) is 8.19. The molecule has 0 atom stereocenters. The summed E-state index contributed by atoms with van der Waals surface area (Å²) in [5.74, 6) is 1.56. The molecule has 0 aliphatic rings. The van der Waals surface area contributed by atoms with Crippen LogP contribution in [0.25, 0.3) is 0 Å². The fourth-order valence-electron chi connectivity index (χ4n) is 3.17. The van der Waals surface area contributed by atoms with Crippen molar-refractivity contribution in [2.45, 2.75) is 48.0 Å². The number of carbonyl (C=O) groups excluding carboxylic acids is 1. The lowest BCUT2D eigenvalue weighted by molar-refractivity contribution is -0.906. The lowest BCUT2D eigenvalue weighted by Crippen LogP contribution is -3.13. The van der Waals surface area contributed by atoms with E-state index in [1.54, 1.807) is 18.7 Å². The van der Waals surface area contributed by atoms with E-state index in [0.717, 1.165) is 26.1 Å². The highest BCUT2D eigenvalue weighted by Gasteiger charge is 2.16. The minimum atomic E-state index is -0.414. The number of hydrogen-bond donors (Lipinski definition) is 2. The van der Waals surface area contributed by atoms with E-state index in [4.69, 9.17) is 4.42 Å². The van der Waals surface area contributed by atoms with E-state index in [1.807, 2.05) is 0 Å². The maximum Gasteiger partial charge on any atom is 0.336 e. The monoisotopic (exact) mass is 337 g/mol. The van der Waals surface area contributed by atoms with Gasteiger partial charge in [0.2, 0.25) is 0 Å². The van der Waals surface area contributed by atoms with Gasteiger partial charge >= 0.3 is 5.63 Å². The van der Waals surface area contributed by atoms with Crippen molar-refractivity contribution in [2.75, 3.05) is 26.2 Å². The SMILES string of the molecule is Cc1cc(=O)oc(C)c1C(=O)NCCC[NH+](CC(C)C)CC(C)C. The van der Waals surface area contributed by atoms with E-state index >= 15 is 0 Å². The molecule has 1 heterocycles. The Balaban J connectivity index is 2.51.